The first-order valence-electron chi connectivity index (χ1n) is 5.96. The van der Waals surface area contributed by atoms with Gasteiger partial charge < -0.3 is 10.8 Å². The molecule has 0 bridgehead atoms. The minimum atomic E-state index is -3.72. The van der Waals surface area contributed by atoms with Crippen molar-refractivity contribution in [2.45, 2.75) is 11.8 Å². The van der Waals surface area contributed by atoms with Gasteiger partial charge in [0.25, 0.3) is 10.0 Å². The number of aromatic hydroxyl groups is 1. The summed E-state index contributed by atoms with van der Waals surface area (Å²) >= 11 is 0. The van der Waals surface area contributed by atoms with Crippen LogP contribution < -0.4 is 10.0 Å². The van der Waals surface area contributed by atoms with Crippen LogP contribution in [-0.4, -0.2) is 20.6 Å². The van der Waals surface area contributed by atoms with Crippen LogP contribution in [0.15, 0.2) is 47.4 Å². The molecule has 0 aliphatic heterocycles. The molecular formula is C14H16N2O3S. The van der Waals surface area contributed by atoms with Gasteiger partial charge in [0.2, 0.25) is 0 Å². The number of nitrogens with zero attached hydrogens (tertiary/aromatic N) is 1. The second kappa shape index (κ2) is 5.05. The normalized spacial score (nSPS) is 11.3. The summed E-state index contributed by atoms with van der Waals surface area (Å²) in [6.07, 6.45) is 0. The summed E-state index contributed by atoms with van der Waals surface area (Å²) in [4.78, 5) is 0.156. The molecule has 6 heteroatoms. The molecule has 2 aromatic carbocycles. The van der Waals surface area contributed by atoms with Crippen molar-refractivity contribution in [3.8, 4) is 5.75 Å². The summed E-state index contributed by atoms with van der Waals surface area (Å²) in [5.41, 5.74) is 7.05. The summed E-state index contributed by atoms with van der Waals surface area (Å²) in [6.45, 7) is 1.71. The van der Waals surface area contributed by atoms with Gasteiger partial charge in [0.15, 0.2) is 0 Å². The standard InChI is InChI=1S/C14H16N2O3S/c1-10-6-7-11(15)8-14(10)20(18,19)16(2)12-4-3-5-13(17)9-12/h3-9,17H,15H2,1-2H3. The maximum absolute atomic E-state index is 12.6. The zero-order valence-corrected chi connectivity index (χ0v) is 12.1. The van der Waals surface area contributed by atoms with E-state index in [1.165, 1.54) is 25.2 Å². The lowest BCUT2D eigenvalue weighted by Crippen LogP contribution is -2.27. The third kappa shape index (κ3) is 2.55. The van der Waals surface area contributed by atoms with E-state index < -0.39 is 10.0 Å². The first-order chi connectivity index (χ1) is 9.32. The summed E-state index contributed by atoms with van der Waals surface area (Å²) < 4.78 is 26.3. The monoisotopic (exact) mass is 292 g/mol. The van der Waals surface area contributed by atoms with Crippen LogP contribution in [-0.2, 0) is 10.0 Å². The molecule has 0 aliphatic rings. The number of phenols is 1. The summed E-state index contributed by atoms with van der Waals surface area (Å²) in [6, 6.07) is 10.8. The first-order valence-corrected chi connectivity index (χ1v) is 7.40. The van der Waals surface area contributed by atoms with Crippen molar-refractivity contribution < 1.29 is 13.5 Å². The Hall–Kier alpha value is -2.21. The minimum absolute atomic E-state index is 0.00819. The van der Waals surface area contributed by atoms with E-state index in [1.54, 1.807) is 31.2 Å². The smallest absolute Gasteiger partial charge is 0.264 e. The number of sulfonamides is 1. The molecule has 0 amide bonds. The van der Waals surface area contributed by atoms with Crippen molar-refractivity contribution in [3.05, 3.63) is 48.0 Å². The zero-order chi connectivity index (χ0) is 14.9. The lowest BCUT2D eigenvalue weighted by molar-refractivity contribution is 0.475. The third-order valence-corrected chi connectivity index (χ3v) is 4.97. The van der Waals surface area contributed by atoms with E-state index in [4.69, 9.17) is 5.73 Å². The molecular weight excluding hydrogens is 276 g/mol. The Morgan fingerprint density at radius 1 is 1.15 bits per heavy atom. The Kier molecular flexibility index (Phi) is 3.59. The van der Waals surface area contributed by atoms with Crippen LogP contribution in [0.3, 0.4) is 0 Å². The predicted molar refractivity (Wildman–Crippen MR) is 79.3 cm³/mol. The fourth-order valence-electron chi connectivity index (χ4n) is 1.87. The van der Waals surface area contributed by atoms with Crippen LogP contribution in [0.1, 0.15) is 5.56 Å². The molecule has 20 heavy (non-hydrogen) atoms. The molecule has 0 radical (unpaired) electrons. The van der Waals surface area contributed by atoms with Crippen molar-refractivity contribution in [3.63, 3.8) is 0 Å². The van der Waals surface area contributed by atoms with Crippen LogP contribution in [0.25, 0.3) is 0 Å². The fourth-order valence-corrected chi connectivity index (χ4v) is 3.32. The van der Waals surface area contributed by atoms with Gasteiger partial charge in [0.05, 0.1) is 10.6 Å². The van der Waals surface area contributed by atoms with Gasteiger partial charge in [0.1, 0.15) is 5.75 Å². The lowest BCUT2D eigenvalue weighted by Gasteiger charge is -2.21. The second-order valence-corrected chi connectivity index (χ2v) is 6.46. The molecule has 0 atom stereocenters. The van der Waals surface area contributed by atoms with E-state index in [9.17, 15) is 13.5 Å². The van der Waals surface area contributed by atoms with Crippen LogP contribution in [0.2, 0.25) is 0 Å². The Labute approximate surface area is 118 Å². The Bertz CT molecular complexity index is 742. The second-order valence-electron chi connectivity index (χ2n) is 4.52. The van der Waals surface area contributed by atoms with Crippen molar-refractivity contribution in [2.75, 3.05) is 17.1 Å². The van der Waals surface area contributed by atoms with E-state index in [1.807, 2.05) is 0 Å². The number of anilines is 2. The Balaban J connectivity index is 2.52. The quantitative estimate of drug-likeness (QED) is 0.849. The molecule has 0 aromatic heterocycles. The molecule has 0 heterocycles. The van der Waals surface area contributed by atoms with E-state index in [0.29, 0.717) is 16.9 Å². The van der Waals surface area contributed by atoms with Gasteiger partial charge in [-0.3, -0.25) is 4.31 Å². The number of hydrogen-bond acceptors (Lipinski definition) is 4. The van der Waals surface area contributed by atoms with E-state index in [-0.39, 0.29) is 10.6 Å². The van der Waals surface area contributed by atoms with E-state index in [0.717, 1.165) is 4.31 Å². The Morgan fingerprint density at radius 3 is 2.50 bits per heavy atom. The Morgan fingerprint density at radius 2 is 1.85 bits per heavy atom. The van der Waals surface area contributed by atoms with Gasteiger partial charge >= 0.3 is 0 Å². The summed E-state index contributed by atoms with van der Waals surface area (Å²) in [5.74, 6) is 0.00819. The maximum Gasteiger partial charge on any atom is 0.264 e. The molecule has 0 spiro atoms. The highest BCUT2D eigenvalue weighted by Crippen LogP contribution is 2.27. The summed E-state index contributed by atoms with van der Waals surface area (Å²) in [7, 11) is -2.28. The highest BCUT2D eigenvalue weighted by molar-refractivity contribution is 7.92. The van der Waals surface area contributed by atoms with Gasteiger partial charge in [-0.1, -0.05) is 12.1 Å². The van der Waals surface area contributed by atoms with Crippen LogP contribution in [0.4, 0.5) is 11.4 Å². The predicted octanol–water partition coefficient (Wildman–Crippen LogP) is 2.11. The van der Waals surface area contributed by atoms with Crippen molar-refractivity contribution in [2.24, 2.45) is 0 Å². The average Bonchev–Trinajstić information content (AvgIpc) is 2.40. The molecule has 0 saturated carbocycles. The molecule has 0 fully saturated rings. The molecule has 2 rings (SSSR count). The molecule has 3 N–H and O–H groups in total. The fraction of sp³-hybridized carbons (Fsp3) is 0.143. The topological polar surface area (TPSA) is 83.6 Å². The largest absolute Gasteiger partial charge is 0.508 e. The zero-order valence-electron chi connectivity index (χ0n) is 11.2. The van der Waals surface area contributed by atoms with Gasteiger partial charge in [0, 0.05) is 18.8 Å². The van der Waals surface area contributed by atoms with E-state index >= 15 is 0 Å². The average molecular weight is 292 g/mol. The molecule has 0 unspecified atom stereocenters. The number of aryl methyl sites for hydroxylation is 1. The van der Waals surface area contributed by atoms with Crippen molar-refractivity contribution >= 4 is 21.4 Å². The number of phenolic OH excluding ortho intramolecular Hbond substituents is 1. The van der Waals surface area contributed by atoms with Gasteiger partial charge in [-0.05, 0) is 36.8 Å². The van der Waals surface area contributed by atoms with Gasteiger partial charge in [-0.25, -0.2) is 8.42 Å². The molecule has 2 aromatic rings. The highest BCUT2D eigenvalue weighted by atomic mass is 32.2. The minimum Gasteiger partial charge on any atom is -0.508 e. The number of rotatable bonds is 3. The highest BCUT2D eigenvalue weighted by Gasteiger charge is 2.23. The van der Waals surface area contributed by atoms with Crippen molar-refractivity contribution in [1.82, 2.24) is 0 Å². The number of hydrogen-bond donors (Lipinski definition) is 2. The molecule has 5 nitrogen and oxygen atoms in total. The van der Waals surface area contributed by atoms with Crippen LogP contribution in [0.5, 0.6) is 5.75 Å². The molecule has 0 saturated heterocycles. The first kappa shape index (κ1) is 14.2. The van der Waals surface area contributed by atoms with Gasteiger partial charge in [-0.2, -0.15) is 0 Å². The third-order valence-electron chi connectivity index (χ3n) is 3.04. The SMILES string of the molecule is Cc1ccc(N)cc1S(=O)(=O)N(C)c1cccc(O)c1. The van der Waals surface area contributed by atoms with Gasteiger partial charge in [-0.15, -0.1) is 0 Å². The number of benzene rings is 2. The lowest BCUT2D eigenvalue weighted by atomic mass is 10.2. The van der Waals surface area contributed by atoms with Crippen molar-refractivity contribution in [1.29, 1.82) is 0 Å². The molecule has 106 valence electrons. The molecule has 0 aliphatic carbocycles. The van der Waals surface area contributed by atoms with Crippen LogP contribution in [0, 0.1) is 6.92 Å². The van der Waals surface area contributed by atoms with E-state index in [2.05, 4.69) is 0 Å². The number of nitrogens with two attached hydrogens (primary N) is 1. The van der Waals surface area contributed by atoms with Crippen LogP contribution >= 0.6 is 0 Å². The maximum atomic E-state index is 12.6. The summed E-state index contributed by atoms with van der Waals surface area (Å²) in [5, 5.41) is 9.46. The number of nitrogen functional groups attached to an aromatic ring is 1.